The lowest BCUT2D eigenvalue weighted by atomic mass is 9.83. The van der Waals surface area contributed by atoms with Gasteiger partial charge in [-0.1, -0.05) is 0 Å². The number of fused-ring (bicyclic) bond motifs is 2. The Bertz CT molecular complexity index is 277. The van der Waals surface area contributed by atoms with Gasteiger partial charge in [-0.3, -0.25) is 0 Å². The molecule has 0 aromatic rings. The monoisotopic (exact) mass is 255 g/mol. The SMILES string of the molecule is CN1C2CCC1CC(O)(CCC1OCCCO1)C2. The molecule has 3 saturated heterocycles. The lowest BCUT2D eigenvalue weighted by molar-refractivity contribution is -0.188. The van der Waals surface area contributed by atoms with Gasteiger partial charge in [0.05, 0.1) is 18.8 Å². The van der Waals surface area contributed by atoms with Crippen LogP contribution in [0.25, 0.3) is 0 Å². The van der Waals surface area contributed by atoms with Gasteiger partial charge in [-0.25, -0.2) is 0 Å². The van der Waals surface area contributed by atoms with E-state index in [9.17, 15) is 5.11 Å². The van der Waals surface area contributed by atoms with Gasteiger partial charge >= 0.3 is 0 Å². The second kappa shape index (κ2) is 5.08. The van der Waals surface area contributed by atoms with Crippen LogP contribution >= 0.6 is 0 Å². The second-order valence-corrected chi connectivity index (χ2v) is 6.25. The van der Waals surface area contributed by atoms with Crippen molar-refractivity contribution in [3.8, 4) is 0 Å². The molecule has 1 N–H and O–H groups in total. The summed E-state index contributed by atoms with van der Waals surface area (Å²) >= 11 is 0. The number of rotatable bonds is 3. The smallest absolute Gasteiger partial charge is 0.157 e. The van der Waals surface area contributed by atoms with E-state index in [1.54, 1.807) is 0 Å². The summed E-state index contributed by atoms with van der Waals surface area (Å²) in [5.74, 6) is 0. The van der Waals surface area contributed by atoms with Gasteiger partial charge < -0.3 is 19.5 Å². The topological polar surface area (TPSA) is 41.9 Å². The largest absolute Gasteiger partial charge is 0.390 e. The molecule has 18 heavy (non-hydrogen) atoms. The predicted molar refractivity (Wildman–Crippen MR) is 68.3 cm³/mol. The zero-order chi connectivity index (χ0) is 12.6. The van der Waals surface area contributed by atoms with Gasteiger partial charge in [-0.15, -0.1) is 0 Å². The molecule has 2 bridgehead atoms. The highest BCUT2D eigenvalue weighted by atomic mass is 16.7. The Morgan fingerprint density at radius 3 is 2.39 bits per heavy atom. The second-order valence-electron chi connectivity index (χ2n) is 6.25. The molecule has 0 saturated carbocycles. The standard InChI is InChI=1S/C14H25NO3/c1-15-11-3-4-12(15)10-14(16,9-11)6-5-13-17-7-2-8-18-13/h11-13,16H,2-10H2,1H3. The van der Waals surface area contributed by atoms with E-state index >= 15 is 0 Å². The van der Waals surface area contributed by atoms with E-state index in [1.807, 2.05) is 0 Å². The van der Waals surface area contributed by atoms with Crippen LogP contribution in [0.2, 0.25) is 0 Å². The van der Waals surface area contributed by atoms with Crippen LogP contribution in [-0.2, 0) is 9.47 Å². The Balaban J connectivity index is 1.52. The quantitative estimate of drug-likeness (QED) is 0.830. The zero-order valence-electron chi connectivity index (χ0n) is 11.3. The molecule has 0 spiro atoms. The van der Waals surface area contributed by atoms with Crippen LogP contribution in [0.1, 0.15) is 44.9 Å². The van der Waals surface area contributed by atoms with Crippen molar-refractivity contribution < 1.29 is 14.6 Å². The number of hydrogen-bond acceptors (Lipinski definition) is 4. The summed E-state index contributed by atoms with van der Waals surface area (Å²) in [5.41, 5.74) is -0.484. The highest BCUT2D eigenvalue weighted by Crippen LogP contribution is 2.42. The fourth-order valence-corrected chi connectivity index (χ4v) is 3.84. The van der Waals surface area contributed by atoms with Crippen molar-refractivity contribution in [2.24, 2.45) is 0 Å². The minimum atomic E-state index is -0.484. The Labute approximate surface area is 109 Å². The van der Waals surface area contributed by atoms with E-state index in [2.05, 4.69) is 11.9 Å². The molecule has 104 valence electrons. The molecular formula is C14H25NO3. The summed E-state index contributed by atoms with van der Waals surface area (Å²) in [6.45, 7) is 1.61. The van der Waals surface area contributed by atoms with Gasteiger partial charge in [-0.05, 0) is 45.6 Å². The first kappa shape index (κ1) is 12.9. The minimum absolute atomic E-state index is 0.0833. The summed E-state index contributed by atoms with van der Waals surface area (Å²) in [5, 5.41) is 10.8. The van der Waals surface area contributed by atoms with Crippen LogP contribution < -0.4 is 0 Å². The summed E-state index contributed by atoms with van der Waals surface area (Å²) in [7, 11) is 2.20. The van der Waals surface area contributed by atoms with E-state index in [0.717, 1.165) is 45.3 Å². The molecule has 2 unspecified atom stereocenters. The molecule has 0 aliphatic carbocycles. The van der Waals surface area contributed by atoms with E-state index in [1.165, 1.54) is 12.8 Å². The van der Waals surface area contributed by atoms with Crippen molar-refractivity contribution in [3.63, 3.8) is 0 Å². The predicted octanol–water partition coefficient (Wildman–Crippen LogP) is 1.52. The van der Waals surface area contributed by atoms with Crippen LogP contribution in [0.3, 0.4) is 0 Å². The molecule has 3 rings (SSSR count). The number of aliphatic hydroxyl groups is 1. The number of hydrogen-bond donors (Lipinski definition) is 1. The normalized spacial score (nSPS) is 42.3. The highest BCUT2D eigenvalue weighted by Gasteiger charge is 2.45. The molecule has 4 nitrogen and oxygen atoms in total. The van der Waals surface area contributed by atoms with Gasteiger partial charge in [-0.2, -0.15) is 0 Å². The molecule has 0 aromatic carbocycles. The number of ether oxygens (including phenoxy) is 2. The lowest BCUT2D eigenvalue weighted by Gasteiger charge is -2.42. The Morgan fingerprint density at radius 1 is 1.17 bits per heavy atom. The maximum Gasteiger partial charge on any atom is 0.157 e. The van der Waals surface area contributed by atoms with Gasteiger partial charge in [0.25, 0.3) is 0 Å². The molecule has 0 radical (unpaired) electrons. The minimum Gasteiger partial charge on any atom is -0.390 e. The van der Waals surface area contributed by atoms with Gasteiger partial charge in [0.1, 0.15) is 0 Å². The molecule has 4 heteroatoms. The van der Waals surface area contributed by atoms with E-state index in [4.69, 9.17) is 9.47 Å². The van der Waals surface area contributed by atoms with Crippen molar-refractivity contribution >= 4 is 0 Å². The first-order chi connectivity index (χ1) is 8.66. The van der Waals surface area contributed by atoms with E-state index in [0.29, 0.717) is 12.1 Å². The maximum absolute atomic E-state index is 10.8. The summed E-state index contributed by atoms with van der Waals surface area (Å²) in [4.78, 5) is 2.46. The molecular weight excluding hydrogens is 230 g/mol. The first-order valence-corrected chi connectivity index (χ1v) is 7.34. The summed E-state index contributed by atoms with van der Waals surface area (Å²) < 4.78 is 11.1. The van der Waals surface area contributed by atoms with Gasteiger partial charge in [0.2, 0.25) is 0 Å². The third-order valence-electron chi connectivity index (χ3n) is 4.96. The summed E-state index contributed by atoms with van der Waals surface area (Å²) in [6, 6.07) is 1.17. The molecule has 3 fully saturated rings. The van der Waals surface area contributed by atoms with Crippen molar-refractivity contribution in [3.05, 3.63) is 0 Å². The maximum atomic E-state index is 10.8. The first-order valence-electron chi connectivity index (χ1n) is 7.34. The summed E-state index contributed by atoms with van der Waals surface area (Å²) in [6.07, 6.45) is 6.91. The van der Waals surface area contributed by atoms with Gasteiger partial charge in [0.15, 0.2) is 6.29 Å². The Morgan fingerprint density at radius 2 is 1.78 bits per heavy atom. The third-order valence-corrected chi connectivity index (χ3v) is 4.96. The van der Waals surface area contributed by atoms with Crippen LogP contribution in [0, 0.1) is 0 Å². The highest BCUT2D eigenvalue weighted by molar-refractivity contribution is 5.00. The van der Waals surface area contributed by atoms with Gasteiger partial charge in [0, 0.05) is 18.5 Å². The Kier molecular flexibility index (Phi) is 3.63. The zero-order valence-corrected chi connectivity index (χ0v) is 11.3. The van der Waals surface area contributed by atoms with E-state index in [-0.39, 0.29) is 6.29 Å². The molecule has 3 aliphatic heterocycles. The van der Waals surface area contributed by atoms with Crippen molar-refractivity contribution in [1.82, 2.24) is 4.90 Å². The Hall–Kier alpha value is -0.160. The number of piperidine rings is 1. The number of nitrogens with zero attached hydrogens (tertiary/aromatic N) is 1. The molecule has 2 atom stereocenters. The fourth-order valence-electron chi connectivity index (χ4n) is 3.84. The van der Waals surface area contributed by atoms with Crippen molar-refractivity contribution in [1.29, 1.82) is 0 Å². The average molecular weight is 255 g/mol. The van der Waals surface area contributed by atoms with Crippen molar-refractivity contribution in [2.75, 3.05) is 20.3 Å². The van der Waals surface area contributed by atoms with Crippen LogP contribution in [0.4, 0.5) is 0 Å². The molecule has 0 aromatic heterocycles. The van der Waals surface area contributed by atoms with Crippen LogP contribution in [-0.4, -0.2) is 54.2 Å². The third kappa shape index (κ3) is 2.57. The average Bonchev–Trinajstić information content (AvgIpc) is 2.62. The van der Waals surface area contributed by atoms with Crippen molar-refractivity contribution in [2.45, 2.75) is 68.9 Å². The van der Waals surface area contributed by atoms with Crippen LogP contribution in [0.15, 0.2) is 0 Å². The molecule has 0 amide bonds. The fraction of sp³-hybridized carbons (Fsp3) is 1.00. The lowest BCUT2D eigenvalue weighted by Crippen LogP contribution is -2.49. The van der Waals surface area contributed by atoms with E-state index < -0.39 is 5.60 Å². The van der Waals surface area contributed by atoms with Crippen LogP contribution in [0.5, 0.6) is 0 Å². The molecule has 3 aliphatic rings. The molecule has 3 heterocycles.